The normalized spacial score (nSPS) is 18.6. The first kappa shape index (κ1) is 16.0. The fourth-order valence-electron chi connectivity index (χ4n) is 3.74. The molecule has 3 aromatic rings. The number of alkyl halides is 1. The third-order valence-electron chi connectivity index (χ3n) is 4.96. The Balaban J connectivity index is 1.96. The van der Waals surface area contributed by atoms with Crippen molar-refractivity contribution in [2.75, 3.05) is 13.6 Å². The highest BCUT2D eigenvalue weighted by Crippen LogP contribution is 2.38. The topological polar surface area (TPSA) is 21.1 Å². The molecule has 4 rings (SSSR count). The monoisotopic (exact) mass is 335 g/mol. The first-order chi connectivity index (χ1) is 12.0. The minimum atomic E-state index is -0.983. The Hall–Kier alpha value is -2.46. The average molecular weight is 335 g/mol. The van der Waals surface area contributed by atoms with Crippen LogP contribution in [0.5, 0.6) is 0 Å². The van der Waals surface area contributed by atoms with Gasteiger partial charge in [-0.15, -0.1) is 0 Å². The van der Waals surface area contributed by atoms with Crippen LogP contribution in [-0.2, 0) is 6.54 Å². The summed E-state index contributed by atoms with van der Waals surface area (Å²) < 4.78 is 17.0. The van der Waals surface area contributed by atoms with Crippen molar-refractivity contribution in [1.29, 1.82) is 0 Å². The molecule has 0 aliphatic carbocycles. The highest BCUT2D eigenvalue weighted by atomic mass is 19.1. The maximum Gasteiger partial charge on any atom is 0.153 e. The molecule has 0 spiro atoms. The van der Waals surface area contributed by atoms with Crippen LogP contribution in [-0.4, -0.2) is 28.0 Å². The zero-order chi connectivity index (χ0) is 17.6. The van der Waals surface area contributed by atoms with E-state index in [0.717, 1.165) is 39.8 Å². The number of fused-ring (bicyclic) bond motifs is 3. The number of aryl methyl sites for hydroxylation is 1. The summed E-state index contributed by atoms with van der Waals surface area (Å²) in [4.78, 5) is 6.13. The highest BCUT2D eigenvalue weighted by molar-refractivity contribution is 5.90. The average Bonchev–Trinajstić information content (AvgIpc) is 2.89. The van der Waals surface area contributed by atoms with Gasteiger partial charge in [0.25, 0.3) is 0 Å². The molecule has 0 saturated heterocycles. The number of hydrogen-bond donors (Lipinski definition) is 0. The van der Waals surface area contributed by atoms with Crippen LogP contribution in [0.15, 0.2) is 42.7 Å². The van der Waals surface area contributed by atoms with E-state index < -0.39 is 6.17 Å². The second kappa shape index (κ2) is 6.12. The number of halogens is 1. The van der Waals surface area contributed by atoms with Crippen LogP contribution in [0.1, 0.15) is 35.5 Å². The van der Waals surface area contributed by atoms with Gasteiger partial charge in [0, 0.05) is 37.1 Å². The number of nitrogens with zero attached hydrogens (tertiary/aromatic N) is 3. The maximum absolute atomic E-state index is 15.0. The van der Waals surface area contributed by atoms with Gasteiger partial charge in [0.05, 0.1) is 11.2 Å². The van der Waals surface area contributed by atoms with E-state index in [9.17, 15) is 4.39 Å². The summed E-state index contributed by atoms with van der Waals surface area (Å²) in [5, 5.41) is 1.16. The van der Waals surface area contributed by atoms with Gasteiger partial charge in [0.1, 0.15) is 0 Å². The fourth-order valence-corrected chi connectivity index (χ4v) is 3.74. The Morgan fingerprint density at radius 1 is 1.24 bits per heavy atom. The Kier molecular flexibility index (Phi) is 3.92. The quantitative estimate of drug-likeness (QED) is 0.669. The second-order valence-electron chi connectivity index (χ2n) is 6.97. The van der Waals surface area contributed by atoms with E-state index in [1.807, 2.05) is 19.2 Å². The Morgan fingerprint density at radius 3 is 2.76 bits per heavy atom. The number of hydrogen-bond acceptors (Lipinski definition) is 2. The van der Waals surface area contributed by atoms with E-state index in [4.69, 9.17) is 0 Å². The van der Waals surface area contributed by atoms with E-state index in [1.54, 1.807) is 12.4 Å². The first-order valence-corrected chi connectivity index (χ1v) is 8.59. The van der Waals surface area contributed by atoms with Gasteiger partial charge in [-0.3, -0.25) is 9.88 Å². The molecule has 1 aliphatic heterocycles. The molecule has 1 atom stereocenters. The highest BCUT2D eigenvalue weighted by Gasteiger charge is 2.29. The molecule has 25 heavy (non-hydrogen) atoms. The van der Waals surface area contributed by atoms with Crippen molar-refractivity contribution in [2.45, 2.75) is 26.6 Å². The molecule has 1 unspecified atom stereocenters. The van der Waals surface area contributed by atoms with E-state index >= 15 is 0 Å². The summed E-state index contributed by atoms with van der Waals surface area (Å²) in [7, 11) is 1.98. The van der Waals surface area contributed by atoms with Crippen LogP contribution in [0.3, 0.4) is 0 Å². The van der Waals surface area contributed by atoms with Crippen molar-refractivity contribution in [2.24, 2.45) is 0 Å². The Labute approximate surface area is 147 Å². The van der Waals surface area contributed by atoms with Crippen LogP contribution in [0.25, 0.3) is 22.7 Å². The lowest BCUT2D eigenvalue weighted by molar-refractivity contribution is 0.191. The van der Waals surface area contributed by atoms with Crippen molar-refractivity contribution in [3.8, 4) is 0 Å². The Bertz CT molecular complexity index is 956. The first-order valence-electron chi connectivity index (χ1n) is 8.59. The van der Waals surface area contributed by atoms with E-state index in [0.29, 0.717) is 6.54 Å². The predicted octanol–water partition coefficient (Wildman–Crippen LogP) is 4.82. The molecule has 2 aromatic heterocycles. The lowest BCUT2D eigenvalue weighted by Gasteiger charge is -2.26. The lowest BCUT2D eigenvalue weighted by Crippen LogP contribution is -2.29. The van der Waals surface area contributed by atoms with Crippen LogP contribution in [0.4, 0.5) is 4.39 Å². The zero-order valence-corrected chi connectivity index (χ0v) is 14.8. The van der Waals surface area contributed by atoms with E-state index in [1.165, 1.54) is 5.56 Å². The van der Waals surface area contributed by atoms with Crippen LogP contribution in [0.2, 0.25) is 0 Å². The van der Waals surface area contributed by atoms with E-state index in [2.05, 4.69) is 52.7 Å². The van der Waals surface area contributed by atoms with Crippen LogP contribution >= 0.6 is 0 Å². The summed E-state index contributed by atoms with van der Waals surface area (Å²) in [6, 6.07) is 10.3. The van der Waals surface area contributed by atoms with Gasteiger partial charge in [-0.1, -0.05) is 11.6 Å². The van der Waals surface area contributed by atoms with Gasteiger partial charge in [-0.2, -0.15) is 0 Å². The zero-order valence-electron chi connectivity index (χ0n) is 14.8. The molecular formula is C21H22FN3. The van der Waals surface area contributed by atoms with Crippen LogP contribution in [0, 0.1) is 6.92 Å². The maximum atomic E-state index is 15.0. The molecule has 0 radical (unpaired) electrons. The van der Waals surface area contributed by atoms with E-state index in [-0.39, 0.29) is 0 Å². The standard InChI is InChI=1S/C21H22FN3/c1-14-4-5-20-17(10-14)18-12-24(3)13-19(22)21(18)25(20)11-15(2)16-6-8-23-9-7-16/h4-11,19H,12-13H2,1-3H3/b15-11+. The van der Waals surface area contributed by atoms with Crippen molar-refractivity contribution < 1.29 is 4.39 Å². The summed E-state index contributed by atoms with van der Waals surface area (Å²) in [5.74, 6) is 0. The van der Waals surface area contributed by atoms with Gasteiger partial charge in [0.2, 0.25) is 0 Å². The number of rotatable bonds is 2. The molecule has 4 heteroatoms. The number of benzene rings is 1. The van der Waals surface area contributed by atoms with Crippen molar-refractivity contribution in [3.63, 3.8) is 0 Å². The second-order valence-corrected chi connectivity index (χ2v) is 6.97. The molecule has 3 nitrogen and oxygen atoms in total. The number of allylic oxidation sites excluding steroid dienone is 1. The minimum absolute atomic E-state index is 0.435. The van der Waals surface area contributed by atoms with Gasteiger partial charge in [-0.05, 0) is 61.9 Å². The molecule has 1 aromatic carbocycles. The summed E-state index contributed by atoms with van der Waals surface area (Å²) in [5.41, 5.74) is 6.37. The molecule has 0 amide bonds. The largest absolute Gasteiger partial charge is 0.317 e. The summed E-state index contributed by atoms with van der Waals surface area (Å²) in [6.45, 7) is 5.36. The minimum Gasteiger partial charge on any atom is -0.317 e. The Morgan fingerprint density at radius 2 is 2.00 bits per heavy atom. The molecule has 0 N–H and O–H groups in total. The van der Waals surface area contributed by atoms with Crippen LogP contribution < -0.4 is 0 Å². The van der Waals surface area contributed by atoms with Crippen molar-refractivity contribution in [3.05, 3.63) is 65.1 Å². The number of aromatic nitrogens is 2. The third-order valence-corrected chi connectivity index (χ3v) is 4.96. The third kappa shape index (κ3) is 2.76. The lowest BCUT2D eigenvalue weighted by atomic mass is 10.0. The van der Waals surface area contributed by atoms with Gasteiger partial charge < -0.3 is 4.57 Å². The number of likely N-dealkylation sites (N-methyl/N-ethyl adjacent to an activating group) is 1. The smallest absolute Gasteiger partial charge is 0.153 e. The molecule has 0 fully saturated rings. The number of pyridine rings is 1. The van der Waals surface area contributed by atoms with Gasteiger partial charge in [0.15, 0.2) is 6.17 Å². The SMILES string of the molecule is C/C(=C\n1c2c(c3cc(C)ccc31)CN(C)CC2F)c1ccncc1. The van der Waals surface area contributed by atoms with Gasteiger partial charge in [-0.25, -0.2) is 4.39 Å². The molecule has 3 heterocycles. The summed E-state index contributed by atoms with van der Waals surface area (Å²) in [6.07, 6.45) is 4.64. The molecule has 0 bridgehead atoms. The van der Waals surface area contributed by atoms with Gasteiger partial charge >= 0.3 is 0 Å². The molecule has 128 valence electrons. The molecule has 0 saturated carbocycles. The predicted molar refractivity (Wildman–Crippen MR) is 101 cm³/mol. The molecular weight excluding hydrogens is 313 g/mol. The molecule has 1 aliphatic rings. The van der Waals surface area contributed by atoms with Crippen molar-refractivity contribution in [1.82, 2.24) is 14.5 Å². The van der Waals surface area contributed by atoms with Crippen molar-refractivity contribution >= 4 is 22.7 Å². The summed E-state index contributed by atoms with van der Waals surface area (Å²) >= 11 is 0. The fraction of sp³-hybridized carbons (Fsp3) is 0.286.